The first-order valence-electron chi connectivity index (χ1n) is 9.64. The van der Waals surface area contributed by atoms with E-state index < -0.39 is 12.8 Å². The number of anilines is 2. The predicted octanol–water partition coefficient (Wildman–Crippen LogP) is 4.80. The van der Waals surface area contributed by atoms with Gasteiger partial charge in [0.15, 0.2) is 18.1 Å². The van der Waals surface area contributed by atoms with Crippen molar-refractivity contribution < 1.29 is 32.2 Å². The number of methoxy groups -OCH3 is 1. The van der Waals surface area contributed by atoms with Crippen LogP contribution in [0.5, 0.6) is 11.5 Å². The molecule has 0 saturated heterocycles. The van der Waals surface area contributed by atoms with Gasteiger partial charge in [-0.3, -0.25) is 9.59 Å². The van der Waals surface area contributed by atoms with E-state index in [9.17, 15) is 22.8 Å². The number of hydrogen-bond donors (Lipinski definition) is 2. The molecule has 2 amide bonds. The number of alkyl halides is 3. The second kappa shape index (κ2) is 10.7. The molecule has 0 aliphatic heterocycles. The highest BCUT2D eigenvalue weighted by Gasteiger charge is 2.29. The van der Waals surface area contributed by atoms with E-state index in [1.807, 2.05) is 0 Å². The number of amides is 2. The maximum absolute atomic E-state index is 12.3. The number of hydrogen-bond acceptors (Lipinski definition) is 4. The Balaban J connectivity index is 1.93. The van der Waals surface area contributed by atoms with Crippen molar-refractivity contribution in [3.63, 3.8) is 0 Å². The van der Waals surface area contributed by atoms with E-state index in [0.717, 1.165) is 0 Å². The third kappa shape index (κ3) is 8.19. The highest BCUT2D eigenvalue weighted by Crippen LogP contribution is 2.30. The molecule has 0 bridgehead atoms. The summed E-state index contributed by atoms with van der Waals surface area (Å²) in [7, 11) is 1.33. The molecule has 0 spiro atoms. The van der Waals surface area contributed by atoms with Gasteiger partial charge >= 0.3 is 6.18 Å². The number of halogens is 3. The third-order valence-electron chi connectivity index (χ3n) is 4.20. The van der Waals surface area contributed by atoms with Crippen LogP contribution in [0.15, 0.2) is 42.5 Å². The molecular formula is C22H25F3N2O4. The maximum Gasteiger partial charge on any atom is 0.422 e. The van der Waals surface area contributed by atoms with Gasteiger partial charge in [0.2, 0.25) is 11.8 Å². The van der Waals surface area contributed by atoms with Crippen molar-refractivity contribution in [3.05, 3.63) is 48.0 Å². The van der Waals surface area contributed by atoms with Gasteiger partial charge in [-0.2, -0.15) is 13.2 Å². The van der Waals surface area contributed by atoms with E-state index in [2.05, 4.69) is 10.6 Å². The molecule has 0 heterocycles. The van der Waals surface area contributed by atoms with Gasteiger partial charge < -0.3 is 20.1 Å². The van der Waals surface area contributed by atoms with E-state index in [1.54, 1.807) is 50.2 Å². The van der Waals surface area contributed by atoms with E-state index in [4.69, 9.17) is 9.47 Å². The first-order valence-corrected chi connectivity index (χ1v) is 9.64. The fourth-order valence-corrected chi connectivity index (χ4v) is 2.59. The van der Waals surface area contributed by atoms with Crippen LogP contribution in [0.25, 0.3) is 0 Å². The molecule has 9 heteroatoms. The second-order valence-corrected chi connectivity index (χ2v) is 7.16. The number of carbonyl (C=O) groups excluding carboxylic acids is 2. The Morgan fingerprint density at radius 1 is 1.00 bits per heavy atom. The summed E-state index contributed by atoms with van der Waals surface area (Å²) in [6.07, 6.45) is -3.95. The summed E-state index contributed by atoms with van der Waals surface area (Å²) in [6, 6.07) is 11.3. The maximum atomic E-state index is 12.3. The number of rotatable bonds is 9. The molecule has 0 unspecified atom stereocenters. The minimum Gasteiger partial charge on any atom is -0.493 e. The topological polar surface area (TPSA) is 76.7 Å². The first kappa shape index (κ1) is 24.0. The summed E-state index contributed by atoms with van der Waals surface area (Å²) in [6.45, 7) is 2.15. The molecule has 0 saturated carbocycles. The summed E-state index contributed by atoms with van der Waals surface area (Å²) in [4.78, 5) is 24.1. The molecule has 0 aliphatic carbocycles. The van der Waals surface area contributed by atoms with E-state index in [1.165, 1.54) is 13.2 Å². The highest BCUT2D eigenvalue weighted by atomic mass is 19.4. The van der Waals surface area contributed by atoms with Crippen LogP contribution in [-0.4, -0.2) is 31.7 Å². The number of carbonyl (C=O) groups is 2. The first-order chi connectivity index (χ1) is 14.6. The minimum absolute atomic E-state index is 0.0201. The lowest BCUT2D eigenvalue weighted by molar-refractivity contribution is -0.153. The summed E-state index contributed by atoms with van der Waals surface area (Å²) < 4.78 is 46.8. The van der Waals surface area contributed by atoms with Gasteiger partial charge in [-0.25, -0.2) is 0 Å². The molecule has 6 nitrogen and oxygen atoms in total. The normalized spacial score (nSPS) is 11.2. The monoisotopic (exact) mass is 438 g/mol. The SMILES string of the molecule is COc1cc(CCC(=O)Nc2cccc(NC(=O)C(C)C)c2)ccc1OCC(F)(F)F. The van der Waals surface area contributed by atoms with Gasteiger partial charge in [0.1, 0.15) is 0 Å². The zero-order valence-corrected chi connectivity index (χ0v) is 17.5. The van der Waals surface area contributed by atoms with Crippen molar-refractivity contribution in [2.45, 2.75) is 32.9 Å². The average molecular weight is 438 g/mol. The molecule has 2 N–H and O–H groups in total. The number of ether oxygens (including phenoxy) is 2. The van der Waals surface area contributed by atoms with Crippen LogP contribution >= 0.6 is 0 Å². The molecule has 0 atom stereocenters. The molecule has 0 fully saturated rings. The zero-order chi connectivity index (χ0) is 23.0. The van der Waals surface area contributed by atoms with Gasteiger partial charge in [0.05, 0.1) is 7.11 Å². The second-order valence-electron chi connectivity index (χ2n) is 7.16. The van der Waals surface area contributed by atoms with Gasteiger partial charge in [-0.15, -0.1) is 0 Å². The third-order valence-corrected chi connectivity index (χ3v) is 4.20. The van der Waals surface area contributed by atoms with Crippen molar-refractivity contribution in [2.75, 3.05) is 24.4 Å². The van der Waals surface area contributed by atoms with Gasteiger partial charge in [0.25, 0.3) is 0 Å². The molecule has 0 aromatic heterocycles. The Labute approximate surface area is 178 Å². The number of aryl methyl sites for hydroxylation is 1. The lowest BCUT2D eigenvalue weighted by atomic mass is 10.1. The number of benzene rings is 2. The van der Waals surface area contributed by atoms with Crippen LogP contribution in [0.4, 0.5) is 24.5 Å². The lowest BCUT2D eigenvalue weighted by Crippen LogP contribution is -2.19. The van der Waals surface area contributed by atoms with E-state index in [0.29, 0.717) is 23.4 Å². The van der Waals surface area contributed by atoms with Crippen molar-refractivity contribution >= 4 is 23.2 Å². The molecule has 0 radical (unpaired) electrons. The molecule has 0 aliphatic rings. The van der Waals surface area contributed by atoms with Crippen molar-refractivity contribution in [1.82, 2.24) is 0 Å². The fourth-order valence-electron chi connectivity index (χ4n) is 2.59. The van der Waals surface area contributed by atoms with Crippen LogP contribution < -0.4 is 20.1 Å². The minimum atomic E-state index is -4.45. The highest BCUT2D eigenvalue weighted by molar-refractivity contribution is 5.94. The van der Waals surface area contributed by atoms with Crippen LogP contribution in [0.1, 0.15) is 25.8 Å². The quantitative estimate of drug-likeness (QED) is 0.590. The summed E-state index contributed by atoms with van der Waals surface area (Å²) in [5.41, 5.74) is 1.83. The number of nitrogens with one attached hydrogen (secondary N) is 2. The van der Waals surface area contributed by atoms with Gasteiger partial charge in [0, 0.05) is 23.7 Å². The Kier molecular flexibility index (Phi) is 8.30. The van der Waals surface area contributed by atoms with Crippen LogP contribution in [-0.2, 0) is 16.0 Å². The molecular weight excluding hydrogens is 413 g/mol. The van der Waals surface area contributed by atoms with Gasteiger partial charge in [-0.05, 0) is 42.3 Å². The predicted molar refractivity (Wildman–Crippen MR) is 111 cm³/mol. The molecule has 2 rings (SSSR count). The van der Waals surface area contributed by atoms with Crippen molar-refractivity contribution in [3.8, 4) is 11.5 Å². The Bertz CT molecular complexity index is 914. The fraction of sp³-hybridized carbons (Fsp3) is 0.364. The van der Waals surface area contributed by atoms with Crippen molar-refractivity contribution in [2.24, 2.45) is 5.92 Å². The molecule has 2 aromatic rings. The van der Waals surface area contributed by atoms with E-state index >= 15 is 0 Å². The van der Waals surface area contributed by atoms with Crippen LogP contribution in [0.3, 0.4) is 0 Å². The van der Waals surface area contributed by atoms with Gasteiger partial charge in [-0.1, -0.05) is 26.0 Å². The van der Waals surface area contributed by atoms with Crippen molar-refractivity contribution in [1.29, 1.82) is 0 Å². The summed E-state index contributed by atoms with van der Waals surface area (Å²) >= 11 is 0. The lowest BCUT2D eigenvalue weighted by Gasteiger charge is -2.13. The Morgan fingerprint density at radius 3 is 2.29 bits per heavy atom. The molecule has 31 heavy (non-hydrogen) atoms. The summed E-state index contributed by atoms with van der Waals surface area (Å²) in [5.74, 6) is -0.395. The Morgan fingerprint density at radius 2 is 1.68 bits per heavy atom. The zero-order valence-electron chi connectivity index (χ0n) is 17.5. The van der Waals surface area contributed by atoms with Crippen LogP contribution in [0.2, 0.25) is 0 Å². The smallest absolute Gasteiger partial charge is 0.422 e. The van der Waals surface area contributed by atoms with E-state index in [-0.39, 0.29) is 35.7 Å². The average Bonchev–Trinajstić information content (AvgIpc) is 2.70. The summed E-state index contributed by atoms with van der Waals surface area (Å²) in [5, 5.41) is 5.52. The molecule has 2 aromatic carbocycles. The standard InChI is InChI=1S/C22H25F3N2O4/c1-14(2)21(29)27-17-6-4-5-16(12-17)26-20(28)10-8-15-7-9-18(19(11-15)30-3)31-13-22(23,24)25/h4-7,9,11-12,14H,8,10,13H2,1-3H3,(H,26,28)(H,27,29). The Hall–Kier alpha value is -3.23. The largest absolute Gasteiger partial charge is 0.493 e. The van der Waals surface area contributed by atoms with Crippen LogP contribution in [0, 0.1) is 5.92 Å². The molecule has 168 valence electrons.